The minimum atomic E-state index is -0.984. The SMILES string of the molecule is CCCCOc1cccc(C[C@@H](N)C(=O)O)c1. The number of hydrogen-bond acceptors (Lipinski definition) is 3. The molecule has 0 aromatic heterocycles. The summed E-state index contributed by atoms with van der Waals surface area (Å²) in [4.78, 5) is 10.6. The van der Waals surface area contributed by atoms with Gasteiger partial charge in [-0.1, -0.05) is 25.5 Å². The molecule has 0 unspecified atom stereocenters. The summed E-state index contributed by atoms with van der Waals surface area (Å²) in [6.07, 6.45) is 2.42. The highest BCUT2D eigenvalue weighted by Gasteiger charge is 2.12. The molecular weight excluding hydrogens is 218 g/mol. The fourth-order valence-corrected chi connectivity index (χ4v) is 1.44. The molecule has 1 atom stereocenters. The first-order valence-corrected chi connectivity index (χ1v) is 5.83. The van der Waals surface area contributed by atoms with Crippen molar-refractivity contribution in [2.24, 2.45) is 5.73 Å². The zero-order valence-electron chi connectivity index (χ0n) is 10.1. The topological polar surface area (TPSA) is 72.5 Å². The average molecular weight is 237 g/mol. The molecule has 0 fully saturated rings. The van der Waals surface area contributed by atoms with Gasteiger partial charge in [0.15, 0.2) is 0 Å². The van der Waals surface area contributed by atoms with Crippen molar-refractivity contribution in [1.82, 2.24) is 0 Å². The normalized spacial score (nSPS) is 12.1. The summed E-state index contributed by atoms with van der Waals surface area (Å²) < 4.78 is 5.54. The zero-order valence-corrected chi connectivity index (χ0v) is 10.1. The van der Waals surface area contributed by atoms with Gasteiger partial charge in [0.2, 0.25) is 0 Å². The van der Waals surface area contributed by atoms with Crippen LogP contribution in [0.25, 0.3) is 0 Å². The Labute approximate surface area is 101 Å². The number of hydrogen-bond donors (Lipinski definition) is 2. The van der Waals surface area contributed by atoms with Crippen LogP contribution in [0.2, 0.25) is 0 Å². The highest BCUT2D eigenvalue weighted by molar-refractivity contribution is 5.73. The molecule has 0 aliphatic carbocycles. The summed E-state index contributed by atoms with van der Waals surface area (Å²) in [6.45, 7) is 2.79. The fourth-order valence-electron chi connectivity index (χ4n) is 1.44. The number of benzene rings is 1. The van der Waals surface area contributed by atoms with E-state index in [1.54, 1.807) is 0 Å². The molecule has 1 aromatic carbocycles. The van der Waals surface area contributed by atoms with Gasteiger partial charge in [0.1, 0.15) is 11.8 Å². The Balaban J connectivity index is 2.56. The third kappa shape index (κ3) is 4.87. The Hall–Kier alpha value is -1.55. The predicted molar refractivity (Wildman–Crippen MR) is 66.2 cm³/mol. The van der Waals surface area contributed by atoms with Crippen LogP contribution in [-0.2, 0) is 11.2 Å². The Morgan fingerprint density at radius 2 is 2.29 bits per heavy atom. The summed E-state index contributed by atoms with van der Waals surface area (Å²) in [6, 6.07) is 6.56. The van der Waals surface area contributed by atoms with Crippen LogP contribution in [0.4, 0.5) is 0 Å². The van der Waals surface area contributed by atoms with Crippen molar-refractivity contribution < 1.29 is 14.6 Å². The number of nitrogens with two attached hydrogens (primary N) is 1. The maximum absolute atomic E-state index is 10.6. The quantitative estimate of drug-likeness (QED) is 0.709. The molecule has 17 heavy (non-hydrogen) atoms. The highest BCUT2D eigenvalue weighted by atomic mass is 16.5. The molecule has 0 aliphatic rings. The van der Waals surface area contributed by atoms with Crippen molar-refractivity contribution >= 4 is 5.97 Å². The second kappa shape index (κ2) is 6.91. The Kier molecular flexibility index (Phi) is 5.49. The maximum Gasteiger partial charge on any atom is 0.320 e. The van der Waals surface area contributed by atoms with Gasteiger partial charge in [0, 0.05) is 0 Å². The van der Waals surface area contributed by atoms with E-state index in [-0.39, 0.29) is 0 Å². The van der Waals surface area contributed by atoms with E-state index in [2.05, 4.69) is 6.92 Å². The van der Waals surface area contributed by atoms with Gasteiger partial charge in [-0.25, -0.2) is 0 Å². The van der Waals surface area contributed by atoms with Gasteiger partial charge in [-0.15, -0.1) is 0 Å². The van der Waals surface area contributed by atoms with Gasteiger partial charge in [0.25, 0.3) is 0 Å². The van der Waals surface area contributed by atoms with E-state index in [4.69, 9.17) is 15.6 Å². The van der Waals surface area contributed by atoms with E-state index < -0.39 is 12.0 Å². The van der Waals surface area contributed by atoms with Crippen LogP contribution in [0.3, 0.4) is 0 Å². The van der Waals surface area contributed by atoms with Crippen LogP contribution in [0.15, 0.2) is 24.3 Å². The lowest BCUT2D eigenvalue weighted by Gasteiger charge is -2.09. The summed E-state index contributed by atoms with van der Waals surface area (Å²) in [7, 11) is 0. The van der Waals surface area contributed by atoms with E-state index in [1.807, 2.05) is 24.3 Å². The summed E-state index contributed by atoms with van der Waals surface area (Å²) in [5.41, 5.74) is 6.36. The van der Waals surface area contributed by atoms with E-state index in [1.165, 1.54) is 0 Å². The van der Waals surface area contributed by atoms with Gasteiger partial charge in [-0.05, 0) is 30.5 Å². The standard InChI is InChI=1S/C13H19NO3/c1-2-3-7-17-11-6-4-5-10(8-11)9-12(14)13(15)16/h4-6,8,12H,2-3,7,9,14H2,1H3,(H,15,16)/t12-/m1/s1. The van der Waals surface area contributed by atoms with E-state index in [0.717, 1.165) is 24.2 Å². The average Bonchev–Trinajstić information content (AvgIpc) is 2.30. The Morgan fingerprint density at radius 3 is 2.94 bits per heavy atom. The number of aliphatic carboxylic acids is 1. The number of carbonyl (C=O) groups is 1. The predicted octanol–water partition coefficient (Wildman–Crippen LogP) is 1.82. The lowest BCUT2D eigenvalue weighted by atomic mass is 10.1. The van der Waals surface area contributed by atoms with E-state index in [9.17, 15) is 4.79 Å². The summed E-state index contributed by atoms with van der Waals surface area (Å²) in [5.74, 6) is -0.212. The lowest BCUT2D eigenvalue weighted by molar-refractivity contribution is -0.138. The summed E-state index contributed by atoms with van der Waals surface area (Å²) >= 11 is 0. The summed E-state index contributed by atoms with van der Waals surface area (Å²) in [5, 5.41) is 8.73. The van der Waals surface area contributed by atoms with Gasteiger partial charge in [-0.3, -0.25) is 4.79 Å². The molecule has 94 valence electrons. The smallest absolute Gasteiger partial charge is 0.320 e. The van der Waals surface area contributed by atoms with Crippen LogP contribution in [-0.4, -0.2) is 23.7 Å². The maximum atomic E-state index is 10.6. The molecule has 0 bridgehead atoms. The first-order chi connectivity index (χ1) is 8.13. The molecule has 3 N–H and O–H groups in total. The minimum absolute atomic E-state index is 0.320. The van der Waals surface area contributed by atoms with Gasteiger partial charge in [0.05, 0.1) is 6.61 Å². The van der Waals surface area contributed by atoms with Crippen LogP contribution in [0.1, 0.15) is 25.3 Å². The van der Waals surface area contributed by atoms with Crippen molar-refractivity contribution in [3.8, 4) is 5.75 Å². The molecule has 1 aromatic rings. The van der Waals surface area contributed by atoms with Crippen molar-refractivity contribution in [2.75, 3.05) is 6.61 Å². The van der Waals surface area contributed by atoms with Crippen LogP contribution in [0, 0.1) is 0 Å². The Bertz CT molecular complexity index is 365. The molecule has 0 heterocycles. The van der Waals surface area contributed by atoms with Crippen molar-refractivity contribution in [1.29, 1.82) is 0 Å². The molecule has 0 saturated carbocycles. The minimum Gasteiger partial charge on any atom is -0.494 e. The number of carboxylic acid groups (broad SMARTS) is 1. The number of ether oxygens (including phenoxy) is 1. The van der Waals surface area contributed by atoms with Crippen LogP contribution >= 0.6 is 0 Å². The highest BCUT2D eigenvalue weighted by Crippen LogP contribution is 2.15. The number of unbranched alkanes of at least 4 members (excludes halogenated alkanes) is 1. The number of carboxylic acids is 1. The second-order valence-corrected chi connectivity index (χ2v) is 4.00. The molecule has 0 aliphatic heterocycles. The molecule has 0 spiro atoms. The monoisotopic (exact) mass is 237 g/mol. The number of rotatable bonds is 7. The molecule has 0 radical (unpaired) electrons. The van der Waals surface area contributed by atoms with Gasteiger partial charge >= 0.3 is 5.97 Å². The molecule has 1 rings (SSSR count). The van der Waals surface area contributed by atoms with Gasteiger partial charge < -0.3 is 15.6 Å². The Morgan fingerprint density at radius 1 is 1.53 bits per heavy atom. The first kappa shape index (κ1) is 13.5. The zero-order chi connectivity index (χ0) is 12.7. The van der Waals surface area contributed by atoms with Crippen LogP contribution in [0.5, 0.6) is 5.75 Å². The molecule has 4 nitrogen and oxygen atoms in total. The third-order valence-corrected chi connectivity index (χ3v) is 2.44. The van der Waals surface area contributed by atoms with Gasteiger partial charge in [-0.2, -0.15) is 0 Å². The second-order valence-electron chi connectivity index (χ2n) is 4.00. The van der Waals surface area contributed by atoms with E-state index in [0.29, 0.717) is 13.0 Å². The van der Waals surface area contributed by atoms with Crippen molar-refractivity contribution in [3.05, 3.63) is 29.8 Å². The lowest BCUT2D eigenvalue weighted by Crippen LogP contribution is -2.32. The molecule has 0 amide bonds. The third-order valence-electron chi connectivity index (χ3n) is 2.44. The fraction of sp³-hybridized carbons (Fsp3) is 0.462. The molecule has 4 heteroatoms. The van der Waals surface area contributed by atoms with Crippen molar-refractivity contribution in [3.63, 3.8) is 0 Å². The first-order valence-electron chi connectivity index (χ1n) is 5.83. The molecule has 0 saturated heterocycles. The van der Waals surface area contributed by atoms with E-state index >= 15 is 0 Å². The van der Waals surface area contributed by atoms with Crippen molar-refractivity contribution in [2.45, 2.75) is 32.2 Å². The molecular formula is C13H19NO3. The largest absolute Gasteiger partial charge is 0.494 e. The van der Waals surface area contributed by atoms with Crippen LogP contribution < -0.4 is 10.5 Å².